The van der Waals surface area contributed by atoms with Gasteiger partial charge in [-0.2, -0.15) is 4.98 Å². The maximum Gasteiger partial charge on any atom is 0.276 e. The fraction of sp³-hybridized carbons (Fsp3) is 0.417. The molecule has 1 unspecified atom stereocenters. The van der Waals surface area contributed by atoms with Gasteiger partial charge in [-0.15, -0.1) is 0 Å². The molecule has 0 saturated carbocycles. The Bertz CT molecular complexity index is 534. The van der Waals surface area contributed by atoms with E-state index in [2.05, 4.69) is 15.1 Å². The number of anilines is 1. The molecule has 0 radical (unpaired) electrons. The van der Waals surface area contributed by atoms with Crippen molar-refractivity contribution in [2.45, 2.75) is 12.8 Å². The molecular weight excluding hydrogens is 232 g/mol. The summed E-state index contributed by atoms with van der Waals surface area (Å²) in [4.78, 5) is 8.48. The minimum absolute atomic E-state index is 0.413. The summed E-state index contributed by atoms with van der Waals surface area (Å²) in [6, 6.07) is 5.33. The number of ether oxygens (including phenoxy) is 1. The van der Waals surface area contributed by atoms with E-state index in [9.17, 15) is 0 Å². The van der Waals surface area contributed by atoms with Crippen LogP contribution < -0.4 is 5.73 Å². The zero-order valence-electron chi connectivity index (χ0n) is 9.87. The molecule has 2 aromatic rings. The van der Waals surface area contributed by atoms with Gasteiger partial charge in [-0.3, -0.25) is 0 Å². The average Bonchev–Trinajstić information content (AvgIpc) is 3.01. The predicted octanol–water partition coefficient (Wildman–Crippen LogP) is 1.29. The third-order valence-electron chi connectivity index (χ3n) is 2.95. The van der Waals surface area contributed by atoms with Crippen molar-refractivity contribution in [3.63, 3.8) is 0 Å². The lowest BCUT2D eigenvalue weighted by atomic mass is 10.1. The molecule has 3 heterocycles. The van der Waals surface area contributed by atoms with E-state index in [0.717, 1.165) is 26.1 Å². The van der Waals surface area contributed by atoms with E-state index >= 15 is 0 Å². The summed E-state index contributed by atoms with van der Waals surface area (Å²) in [7, 11) is 0. The zero-order chi connectivity index (χ0) is 12.4. The number of nitrogen functional groups attached to an aromatic ring is 1. The first-order chi connectivity index (χ1) is 8.81. The topological polar surface area (TPSA) is 87.1 Å². The van der Waals surface area contributed by atoms with Crippen LogP contribution in [0.15, 0.2) is 22.7 Å². The summed E-state index contributed by atoms with van der Waals surface area (Å²) in [6.45, 7) is 1.60. The van der Waals surface area contributed by atoms with Crippen molar-refractivity contribution in [3.8, 4) is 11.6 Å². The van der Waals surface area contributed by atoms with Crippen molar-refractivity contribution in [2.75, 3.05) is 18.9 Å². The Hall–Kier alpha value is -1.95. The molecule has 94 valence electrons. The Morgan fingerprint density at radius 3 is 3.06 bits per heavy atom. The molecule has 2 aromatic heterocycles. The average molecular weight is 246 g/mol. The lowest BCUT2D eigenvalue weighted by Crippen LogP contribution is -2.04. The van der Waals surface area contributed by atoms with E-state index in [0.29, 0.717) is 29.1 Å². The van der Waals surface area contributed by atoms with Gasteiger partial charge in [0.05, 0.1) is 0 Å². The van der Waals surface area contributed by atoms with Crippen molar-refractivity contribution in [2.24, 2.45) is 5.92 Å². The number of pyridine rings is 1. The van der Waals surface area contributed by atoms with Crippen molar-refractivity contribution >= 4 is 5.82 Å². The molecule has 1 aliphatic heterocycles. The van der Waals surface area contributed by atoms with Gasteiger partial charge in [0.15, 0.2) is 5.82 Å². The van der Waals surface area contributed by atoms with E-state index in [-0.39, 0.29) is 0 Å². The van der Waals surface area contributed by atoms with Crippen LogP contribution in [0.4, 0.5) is 5.82 Å². The fourth-order valence-corrected chi connectivity index (χ4v) is 2.01. The third kappa shape index (κ3) is 2.33. The maximum absolute atomic E-state index is 5.62. The van der Waals surface area contributed by atoms with Crippen LogP contribution in [0, 0.1) is 5.92 Å². The summed E-state index contributed by atoms with van der Waals surface area (Å²) in [6.07, 6.45) is 1.84. The Morgan fingerprint density at radius 2 is 2.28 bits per heavy atom. The van der Waals surface area contributed by atoms with Crippen LogP contribution in [-0.2, 0) is 11.2 Å². The second-order valence-corrected chi connectivity index (χ2v) is 4.40. The first-order valence-corrected chi connectivity index (χ1v) is 5.94. The summed E-state index contributed by atoms with van der Waals surface area (Å²) in [5.41, 5.74) is 6.23. The molecule has 6 nitrogen and oxygen atoms in total. The molecule has 3 rings (SSSR count). The SMILES string of the molecule is Nc1cccc(-c2nc(CC3CCOC3)no2)n1. The smallest absolute Gasteiger partial charge is 0.276 e. The number of hydrogen-bond acceptors (Lipinski definition) is 6. The summed E-state index contributed by atoms with van der Waals surface area (Å²) >= 11 is 0. The fourth-order valence-electron chi connectivity index (χ4n) is 2.01. The van der Waals surface area contributed by atoms with E-state index in [4.69, 9.17) is 15.0 Å². The van der Waals surface area contributed by atoms with Crippen LogP contribution >= 0.6 is 0 Å². The highest BCUT2D eigenvalue weighted by molar-refractivity contribution is 5.49. The van der Waals surface area contributed by atoms with Crippen LogP contribution in [-0.4, -0.2) is 28.3 Å². The Kier molecular flexibility index (Phi) is 2.93. The van der Waals surface area contributed by atoms with Crippen LogP contribution in [0.3, 0.4) is 0 Å². The first-order valence-electron chi connectivity index (χ1n) is 5.94. The Morgan fingerprint density at radius 1 is 1.33 bits per heavy atom. The molecule has 0 bridgehead atoms. The van der Waals surface area contributed by atoms with Gasteiger partial charge in [-0.1, -0.05) is 11.2 Å². The number of nitrogens with zero attached hydrogens (tertiary/aromatic N) is 3. The van der Waals surface area contributed by atoms with E-state index < -0.39 is 0 Å². The molecule has 1 fully saturated rings. The highest BCUT2D eigenvalue weighted by Crippen LogP contribution is 2.20. The maximum atomic E-state index is 5.62. The van der Waals surface area contributed by atoms with Gasteiger partial charge < -0.3 is 15.0 Å². The zero-order valence-corrected chi connectivity index (χ0v) is 9.87. The van der Waals surface area contributed by atoms with Crippen LogP contribution in [0.5, 0.6) is 0 Å². The van der Waals surface area contributed by atoms with Gasteiger partial charge in [0.25, 0.3) is 5.89 Å². The number of nitrogens with two attached hydrogens (primary N) is 1. The molecule has 0 aromatic carbocycles. The van der Waals surface area contributed by atoms with Crippen molar-refractivity contribution < 1.29 is 9.26 Å². The van der Waals surface area contributed by atoms with Crippen molar-refractivity contribution in [1.29, 1.82) is 0 Å². The van der Waals surface area contributed by atoms with E-state index in [1.165, 1.54) is 0 Å². The van der Waals surface area contributed by atoms with E-state index in [1.807, 2.05) is 6.07 Å². The highest BCUT2D eigenvalue weighted by atomic mass is 16.5. The van der Waals surface area contributed by atoms with Crippen molar-refractivity contribution in [3.05, 3.63) is 24.0 Å². The van der Waals surface area contributed by atoms with Gasteiger partial charge in [0.1, 0.15) is 11.5 Å². The van der Waals surface area contributed by atoms with Gasteiger partial charge >= 0.3 is 0 Å². The molecule has 6 heteroatoms. The number of rotatable bonds is 3. The Balaban J connectivity index is 1.76. The first kappa shape index (κ1) is 11.2. The number of aromatic nitrogens is 3. The summed E-state index contributed by atoms with van der Waals surface area (Å²) in [5.74, 6) is 2.04. The predicted molar refractivity (Wildman–Crippen MR) is 64.6 cm³/mol. The molecule has 2 N–H and O–H groups in total. The molecule has 1 aliphatic rings. The minimum Gasteiger partial charge on any atom is -0.384 e. The monoisotopic (exact) mass is 246 g/mol. The molecule has 1 saturated heterocycles. The van der Waals surface area contributed by atoms with Gasteiger partial charge in [0, 0.05) is 19.6 Å². The third-order valence-corrected chi connectivity index (χ3v) is 2.95. The summed E-state index contributed by atoms with van der Waals surface area (Å²) in [5, 5.41) is 3.96. The van der Waals surface area contributed by atoms with Crippen LogP contribution in [0.25, 0.3) is 11.6 Å². The summed E-state index contributed by atoms with van der Waals surface area (Å²) < 4.78 is 10.5. The van der Waals surface area contributed by atoms with Gasteiger partial charge in [-0.05, 0) is 24.5 Å². The highest BCUT2D eigenvalue weighted by Gasteiger charge is 2.19. The Labute approximate surface area is 104 Å². The minimum atomic E-state index is 0.413. The van der Waals surface area contributed by atoms with Gasteiger partial charge in [0.2, 0.25) is 0 Å². The second-order valence-electron chi connectivity index (χ2n) is 4.40. The quantitative estimate of drug-likeness (QED) is 0.878. The molecule has 0 spiro atoms. The molecule has 1 atom stereocenters. The standard InChI is InChI=1S/C12H14N4O2/c13-10-3-1-2-9(14-10)12-15-11(16-18-12)6-8-4-5-17-7-8/h1-3,8H,4-7H2,(H2,13,14). The van der Waals surface area contributed by atoms with Gasteiger partial charge in [-0.25, -0.2) is 4.98 Å². The van der Waals surface area contributed by atoms with E-state index in [1.54, 1.807) is 12.1 Å². The second kappa shape index (κ2) is 4.73. The lowest BCUT2D eigenvalue weighted by Gasteiger charge is -2.00. The molecular formula is C12H14N4O2. The van der Waals surface area contributed by atoms with Crippen LogP contribution in [0.2, 0.25) is 0 Å². The normalized spacial score (nSPS) is 19.2. The number of hydrogen-bond donors (Lipinski definition) is 1. The van der Waals surface area contributed by atoms with Crippen LogP contribution in [0.1, 0.15) is 12.2 Å². The molecule has 0 aliphatic carbocycles. The molecule has 0 amide bonds. The lowest BCUT2D eigenvalue weighted by molar-refractivity contribution is 0.185. The van der Waals surface area contributed by atoms with Crippen molar-refractivity contribution in [1.82, 2.24) is 15.1 Å². The molecule has 18 heavy (non-hydrogen) atoms. The largest absolute Gasteiger partial charge is 0.384 e.